The summed E-state index contributed by atoms with van der Waals surface area (Å²) >= 11 is 0. The molecule has 182 valence electrons. The Morgan fingerprint density at radius 2 is 1.53 bits per heavy atom. The van der Waals surface area contributed by atoms with Crippen LogP contribution in [-0.2, 0) is 33.3 Å². The molecule has 0 atom stereocenters. The van der Waals surface area contributed by atoms with Crippen molar-refractivity contribution in [2.24, 2.45) is 0 Å². The fourth-order valence-corrected chi connectivity index (χ4v) is 2.66. The van der Waals surface area contributed by atoms with Crippen LogP contribution in [0.3, 0.4) is 0 Å². The summed E-state index contributed by atoms with van der Waals surface area (Å²) < 4.78 is 25.6. The second-order valence-corrected chi connectivity index (χ2v) is 6.76. The molecule has 1 N–H and O–H groups in total. The number of nitrogens with zero attached hydrogens (tertiary/aromatic N) is 1. The van der Waals surface area contributed by atoms with E-state index in [-0.39, 0.29) is 18.6 Å². The van der Waals surface area contributed by atoms with E-state index in [2.05, 4.69) is 14.7 Å². The van der Waals surface area contributed by atoms with Crippen LogP contribution >= 0.6 is 0 Å². The lowest BCUT2D eigenvalue weighted by molar-refractivity contribution is -0.171. The number of esters is 1. The normalized spacial score (nSPS) is 13.1. The van der Waals surface area contributed by atoms with Crippen LogP contribution in [0, 0.1) is 0 Å². The molecule has 0 unspecified atom stereocenters. The first-order valence-corrected chi connectivity index (χ1v) is 11.2. The Balaban J connectivity index is 0.000000324. The fourth-order valence-electron chi connectivity index (χ4n) is 2.66. The highest BCUT2D eigenvalue weighted by Gasteiger charge is 2.27. The lowest BCUT2D eigenvalue weighted by atomic mass is 10.3. The molecule has 10 nitrogen and oxygen atoms in total. The number of ketones is 1. The van der Waals surface area contributed by atoms with E-state index in [9.17, 15) is 14.4 Å². The Morgan fingerprint density at radius 3 is 2.00 bits per heavy atom. The first kappa shape index (κ1) is 27.9. The van der Waals surface area contributed by atoms with Gasteiger partial charge in [-0.2, -0.15) is 0 Å². The van der Waals surface area contributed by atoms with Crippen LogP contribution in [0.1, 0.15) is 77.6 Å². The van der Waals surface area contributed by atoms with Gasteiger partial charge in [-0.3, -0.25) is 14.4 Å². The Morgan fingerprint density at radius 1 is 0.969 bits per heavy atom. The topological polar surface area (TPSA) is 126 Å². The number of rotatable bonds is 14. The number of hydrogen-bond acceptors (Lipinski definition) is 9. The van der Waals surface area contributed by atoms with Crippen LogP contribution in [-0.4, -0.2) is 61.0 Å². The van der Waals surface area contributed by atoms with Crippen LogP contribution in [0.4, 0.5) is 0 Å². The van der Waals surface area contributed by atoms with Gasteiger partial charge in [0.05, 0.1) is 6.61 Å². The molecule has 2 rings (SSSR count). The summed E-state index contributed by atoms with van der Waals surface area (Å²) in [5.41, 5.74) is 0.431. The Hall–Kier alpha value is -2.14. The van der Waals surface area contributed by atoms with Crippen molar-refractivity contribution in [3.8, 4) is 0 Å². The first-order valence-electron chi connectivity index (χ1n) is 11.2. The molecular formula is C22H36N2O8. The fraction of sp³-hybridized carbons (Fsp3) is 0.727. The predicted octanol–water partition coefficient (Wildman–Crippen LogP) is 2.63. The van der Waals surface area contributed by atoms with Gasteiger partial charge >= 0.3 is 5.97 Å². The average molecular weight is 457 g/mol. The Kier molecular flexibility index (Phi) is 13.6. The maximum absolute atomic E-state index is 11.5. The number of nitrogens with one attached hydrogen (secondary N) is 1. The molecule has 0 aliphatic heterocycles. The zero-order chi connectivity index (χ0) is 23.9. The van der Waals surface area contributed by atoms with Crippen molar-refractivity contribution in [3.05, 3.63) is 27.9 Å². The van der Waals surface area contributed by atoms with E-state index in [1.54, 1.807) is 20.8 Å². The molecule has 0 saturated heterocycles. The van der Waals surface area contributed by atoms with Gasteiger partial charge in [0.15, 0.2) is 5.78 Å². The largest absolute Gasteiger partial charge is 0.466 e. The summed E-state index contributed by atoms with van der Waals surface area (Å²) in [6, 6.07) is 1.45. The molecule has 32 heavy (non-hydrogen) atoms. The van der Waals surface area contributed by atoms with Crippen LogP contribution in [0.5, 0.6) is 0 Å². The number of Topliss-reactive ketones (excluding diaryl/α,β-unsaturated/α-hetero) is 1. The minimum atomic E-state index is -0.954. The molecule has 1 heterocycles. The predicted molar refractivity (Wildman–Crippen MR) is 116 cm³/mol. The molecule has 10 heteroatoms. The lowest BCUT2D eigenvalue weighted by Gasteiger charge is -2.16. The molecule has 1 aliphatic rings. The number of aromatic amines is 1. The number of carbonyl (C=O) groups excluding carboxylic acids is 2. The van der Waals surface area contributed by atoms with Crippen molar-refractivity contribution in [1.82, 2.24) is 9.97 Å². The lowest BCUT2D eigenvalue weighted by Crippen LogP contribution is -2.29. The van der Waals surface area contributed by atoms with Gasteiger partial charge in [0.2, 0.25) is 12.6 Å². The Labute approximate surface area is 188 Å². The molecule has 0 amide bonds. The summed E-state index contributed by atoms with van der Waals surface area (Å²) in [6.45, 7) is 11.0. The third-order valence-electron chi connectivity index (χ3n) is 4.14. The highest BCUT2D eigenvalue weighted by atomic mass is 16.7. The molecule has 1 fully saturated rings. The van der Waals surface area contributed by atoms with Gasteiger partial charge in [-0.25, -0.2) is 4.98 Å². The van der Waals surface area contributed by atoms with E-state index >= 15 is 0 Å². The first-order chi connectivity index (χ1) is 15.4. The molecular weight excluding hydrogens is 420 g/mol. The number of ether oxygens (including phenoxy) is 5. The van der Waals surface area contributed by atoms with E-state index in [1.165, 1.54) is 6.07 Å². The molecule has 1 aliphatic carbocycles. The van der Waals surface area contributed by atoms with Crippen LogP contribution in [0.25, 0.3) is 0 Å². The van der Waals surface area contributed by atoms with Crippen LogP contribution < -0.4 is 5.56 Å². The number of carbonyl (C=O) groups is 2. The van der Waals surface area contributed by atoms with Crippen LogP contribution in [0.2, 0.25) is 0 Å². The maximum Gasteiger partial charge on any atom is 0.313 e. The van der Waals surface area contributed by atoms with Gasteiger partial charge in [0.1, 0.15) is 17.9 Å². The number of H-pyrrole nitrogens is 1. The zero-order valence-electron chi connectivity index (χ0n) is 19.7. The van der Waals surface area contributed by atoms with Crippen molar-refractivity contribution < 1.29 is 33.3 Å². The molecule has 0 radical (unpaired) electrons. The van der Waals surface area contributed by atoms with Gasteiger partial charge in [-0.1, -0.05) is 0 Å². The van der Waals surface area contributed by atoms with Crippen molar-refractivity contribution in [3.63, 3.8) is 0 Å². The second kappa shape index (κ2) is 15.6. The SMILES string of the molecule is CCOC(=O)CC(=O)C(OCC)OCC.CCOC(OCC)c1cc(=O)[nH]c(C2CC2)n1. The smallest absolute Gasteiger partial charge is 0.313 e. The minimum Gasteiger partial charge on any atom is -0.466 e. The highest BCUT2D eigenvalue weighted by Crippen LogP contribution is 2.37. The van der Waals surface area contributed by atoms with Crippen LogP contribution in [0.15, 0.2) is 10.9 Å². The molecule has 1 aromatic heterocycles. The van der Waals surface area contributed by atoms with E-state index in [4.69, 9.17) is 18.9 Å². The number of hydrogen-bond donors (Lipinski definition) is 1. The van der Waals surface area contributed by atoms with E-state index < -0.39 is 24.3 Å². The molecule has 1 saturated carbocycles. The van der Waals surface area contributed by atoms with Crippen molar-refractivity contribution >= 4 is 11.8 Å². The highest BCUT2D eigenvalue weighted by molar-refractivity contribution is 5.97. The average Bonchev–Trinajstić information content (AvgIpc) is 3.59. The van der Waals surface area contributed by atoms with Crippen molar-refractivity contribution in [2.75, 3.05) is 33.0 Å². The summed E-state index contributed by atoms with van der Waals surface area (Å²) in [6.07, 6.45) is 0.397. The third-order valence-corrected chi connectivity index (χ3v) is 4.14. The van der Waals surface area contributed by atoms with Crippen molar-refractivity contribution in [1.29, 1.82) is 0 Å². The maximum atomic E-state index is 11.5. The van der Waals surface area contributed by atoms with E-state index in [1.807, 2.05) is 13.8 Å². The van der Waals surface area contributed by atoms with Gasteiger partial charge < -0.3 is 28.7 Å². The zero-order valence-corrected chi connectivity index (χ0v) is 19.7. The van der Waals surface area contributed by atoms with Gasteiger partial charge in [-0.15, -0.1) is 0 Å². The molecule has 0 aromatic carbocycles. The standard InChI is InChI=1S/C12H18N2O3.C10H18O5/c1-3-16-12(17-4-2)9-7-10(15)14-11(13-9)8-5-6-8;1-4-13-9(12)7-8(11)10(14-5-2)15-6-3/h7-8,12H,3-6H2,1-2H3,(H,13,14,15);10H,4-7H2,1-3H3. The number of aromatic nitrogens is 2. The molecule has 0 spiro atoms. The van der Waals surface area contributed by atoms with E-state index in [0.717, 1.165) is 18.7 Å². The summed E-state index contributed by atoms with van der Waals surface area (Å²) in [5, 5.41) is 0. The molecule has 0 bridgehead atoms. The Bertz CT molecular complexity index is 736. The van der Waals surface area contributed by atoms with Gasteiger partial charge in [0, 0.05) is 38.4 Å². The second-order valence-electron chi connectivity index (χ2n) is 6.76. The van der Waals surface area contributed by atoms with Gasteiger partial charge in [-0.05, 0) is 47.5 Å². The van der Waals surface area contributed by atoms with Crippen molar-refractivity contribution in [2.45, 2.75) is 72.4 Å². The summed E-state index contributed by atoms with van der Waals surface area (Å²) in [5.74, 6) is 0.215. The summed E-state index contributed by atoms with van der Waals surface area (Å²) in [7, 11) is 0. The van der Waals surface area contributed by atoms with Gasteiger partial charge in [0.25, 0.3) is 5.56 Å². The molecule has 1 aromatic rings. The quantitative estimate of drug-likeness (QED) is 0.255. The van der Waals surface area contributed by atoms with E-state index in [0.29, 0.717) is 38.0 Å². The minimum absolute atomic E-state index is 0.138. The monoisotopic (exact) mass is 456 g/mol. The summed E-state index contributed by atoms with van der Waals surface area (Å²) in [4.78, 5) is 41.2. The third kappa shape index (κ3) is 10.4.